The number of aromatic nitrogens is 1. The Kier molecular flexibility index (Phi) is 4.48. The second-order valence-electron chi connectivity index (χ2n) is 6.02. The van der Waals surface area contributed by atoms with E-state index in [4.69, 9.17) is 0 Å². The zero-order valence-corrected chi connectivity index (χ0v) is 14.2. The van der Waals surface area contributed by atoms with E-state index in [-0.39, 0.29) is 4.90 Å². The fraction of sp³-hybridized carbons (Fsp3) is 0.353. The van der Waals surface area contributed by atoms with Crippen LogP contribution in [0.3, 0.4) is 0 Å². The number of hydrogen-bond donors (Lipinski definition) is 1. The van der Waals surface area contributed by atoms with Gasteiger partial charge in [-0.15, -0.1) is 0 Å². The van der Waals surface area contributed by atoms with Crippen LogP contribution in [0.25, 0.3) is 11.3 Å². The number of pyridine rings is 1. The highest BCUT2D eigenvalue weighted by Crippen LogP contribution is 2.23. The molecule has 6 heteroatoms. The van der Waals surface area contributed by atoms with E-state index < -0.39 is 10.0 Å². The van der Waals surface area contributed by atoms with Crippen molar-refractivity contribution >= 4 is 10.0 Å². The summed E-state index contributed by atoms with van der Waals surface area (Å²) in [5.41, 5.74) is 2.77. The smallest absolute Gasteiger partial charge is 0.242 e. The lowest BCUT2D eigenvalue weighted by Crippen LogP contribution is -2.22. The number of nitrogens with zero attached hydrogens (tertiary/aromatic N) is 2. The molecule has 0 spiro atoms. The molecule has 1 heterocycles. The van der Waals surface area contributed by atoms with Gasteiger partial charge in [-0.2, -0.15) is 0 Å². The third-order valence-electron chi connectivity index (χ3n) is 3.90. The van der Waals surface area contributed by atoms with E-state index in [2.05, 4.69) is 22.4 Å². The van der Waals surface area contributed by atoms with E-state index in [0.29, 0.717) is 11.7 Å². The molecule has 1 aliphatic carbocycles. The fourth-order valence-corrected chi connectivity index (χ4v) is 3.25. The van der Waals surface area contributed by atoms with Crippen LogP contribution in [0.15, 0.2) is 47.5 Å². The van der Waals surface area contributed by atoms with Crippen LogP contribution in [0.1, 0.15) is 18.4 Å². The zero-order chi connectivity index (χ0) is 16.4. The summed E-state index contributed by atoms with van der Waals surface area (Å²) in [6, 6.07) is 11.9. The Balaban J connectivity index is 1.88. The van der Waals surface area contributed by atoms with E-state index in [9.17, 15) is 8.42 Å². The average molecular weight is 331 g/mol. The van der Waals surface area contributed by atoms with Gasteiger partial charge in [-0.3, -0.25) is 4.98 Å². The predicted molar refractivity (Wildman–Crippen MR) is 90.4 cm³/mol. The molecule has 0 atom stereocenters. The average Bonchev–Trinajstić information content (AvgIpc) is 3.37. The molecule has 0 unspecified atom stereocenters. The highest BCUT2D eigenvalue weighted by Gasteiger charge is 2.20. The Morgan fingerprint density at radius 2 is 2.00 bits per heavy atom. The Labute approximate surface area is 137 Å². The van der Waals surface area contributed by atoms with Crippen LogP contribution in [0.2, 0.25) is 0 Å². The van der Waals surface area contributed by atoms with Gasteiger partial charge in [-0.25, -0.2) is 12.7 Å². The highest BCUT2D eigenvalue weighted by molar-refractivity contribution is 7.89. The molecule has 1 saturated carbocycles. The first-order chi connectivity index (χ1) is 11.0. The first-order valence-corrected chi connectivity index (χ1v) is 9.12. The molecule has 0 saturated heterocycles. The van der Waals surface area contributed by atoms with Crippen LogP contribution in [0.4, 0.5) is 0 Å². The van der Waals surface area contributed by atoms with E-state index in [1.807, 2.05) is 12.1 Å². The van der Waals surface area contributed by atoms with Crippen molar-refractivity contribution in [1.29, 1.82) is 0 Å². The van der Waals surface area contributed by atoms with Crippen molar-refractivity contribution in [2.24, 2.45) is 0 Å². The first kappa shape index (κ1) is 16.1. The summed E-state index contributed by atoms with van der Waals surface area (Å²) in [4.78, 5) is 4.59. The van der Waals surface area contributed by atoms with Gasteiger partial charge < -0.3 is 5.32 Å². The maximum atomic E-state index is 12.3. The molecule has 0 radical (unpaired) electrons. The number of hydrogen-bond acceptors (Lipinski definition) is 4. The van der Waals surface area contributed by atoms with Crippen molar-refractivity contribution in [3.63, 3.8) is 0 Å². The molecule has 5 nitrogen and oxygen atoms in total. The van der Waals surface area contributed by atoms with Gasteiger partial charge >= 0.3 is 0 Å². The van der Waals surface area contributed by atoms with Gasteiger partial charge in [-0.1, -0.05) is 18.2 Å². The molecule has 1 aromatic heterocycles. The number of sulfonamides is 1. The molecule has 1 N–H and O–H groups in total. The minimum Gasteiger partial charge on any atom is -0.310 e. The van der Waals surface area contributed by atoms with Crippen molar-refractivity contribution < 1.29 is 8.42 Å². The van der Waals surface area contributed by atoms with E-state index >= 15 is 0 Å². The topological polar surface area (TPSA) is 62.3 Å². The second kappa shape index (κ2) is 6.39. The minimum absolute atomic E-state index is 0.258. The molecule has 0 bridgehead atoms. The standard InChI is InChI=1S/C17H21N3O2S/c1-20(2)23(21,22)16-8-9-18-17(11-16)14-5-3-4-13(10-14)12-19-15-6-7-15/h3-5,8-11,15,19H,6-7,12H2,1-2H3. The van der Waals surface area contributed by atoms with Gasteiger partial charge in [0.05, 0.1) is 10.6 Å². The van der Waals surface area contributed by atoms with Gasteiger partial charge in [0.1, 0.15) is 0 Å². The van der Waals surface area contributed by atoms with Crippen molar-refractivity contribution in [3.8, 4) is 11.3 Å². The summed E-state index contributed by atoms with van der Waals surface area (Å²) in [6.07, 6.45) is 4.05. The van der Waals surface area contributed by atoms with Crippen LogP contribution in [-0.4, -0.2) is 37.8 Å². The number of benzene rings is 1. The maximum absolute atomic E-state index is 12.3. The molecule has 0 aliphatic heterocycles. The molecule has 1 aliphatic rings. The number of nitrogens with one attached hydrogen (secondary N) is 1. The molecule has 1 aromatic carbocycles. The van der Waals surface area contributed by atoms with E-state index in [0.717, 1.165) is 12.1 Å². The fourth-order valence-electron chi connectivity index (χ4n) is 2.33. The van der Waals surface area contributed by atoms with Crippen LogP contribution in [0, 0.1) is 0 Å². The van der Waals surface area contributed by atoms with Crippen molar-refractivity contribution in [3.05, 3.63) is 48.2 Å². The van der Waals surface area contributed by atoms with Gasteiger partial charge in [-0.05, 0) is 36.6 Å². The summed E-state index contributed by atoms with van der Waals surface area (Å²) >= 11 is 0. The molecule has 122 valence electrons. The van der Waals surface area contributed by atoms with Gasteiger partial charge in [0, 0.05) is 38.4 Å². The van der Waals surface area contributed by atoms with Crippen LogP contribution in [0.5, 0.6) is 0 Å². The van der Waals surface area contributed by atoms with E-state index in [1.165, 1.54) is 42.9 Å². The van der Waals surface area contributed by atoms with E-state index in [1.54, 1.807) is 12.3 Å². The lowest BCUT2D eigenvalue weighted by Gasteiger charge is -2.12. The summed E-state index contributed by atoms with van der Waals surface area (Å²) < 4.78 is 25.7. The Morgan fingerprint density at radius 1 is 1.22 bits per heavy atom. The third-order valence-corrected chi connectivity index (χ3v) is 5.72. The molecular weight excluding hydrogens is 310 g/mol. The first-order valence-electron chi connectivity index (χ1n) is 7.68. The van der Waals surface area contributed by atoms with Crippen LogP contribution in [-0.2, 0) is 16.6 Å². The largest absolute Gasteiger partial charge is 0.310 e. The van der Waals surface area contributed by atoms with Crippen LogP contribution < -0.4 is 5.32 Å². The lowest BCUT2D eigenvalue weighted by molar-refractivity contribution is 0.520. The minimum atomic E-state index is -3.45. The summed E-state index contributed by atoms with van der Waals surface area (Å²) in [5, 5.41) is 3.48. The third kappa shape index (κ3) is 3.77. The van der Waals surface area contributed by atoms with Crippen molar-refractivity contribution in [2.45, 2.75) is 30.3 Å². The van der Waals surface area contributed by atoms with Gasteiger partial charge in [0.2, 0.25) is 10.0 Å². The van der Waals surface area contributed by atoms with Crippen molar-refractivity contribution in [1.82, 2.24) is 14.6 Å². The molecule has 0 amide bonds. The Bertz CT molecular complexity index is 799. The zero-order valence-electron chi connectivity index (χ0n) is 13.4. The summed E-state index contributed by atoms with van der Waals surface area (Å²) in [6.45, 7) is 0.828. The maximum Gasteiger partial charge on any atom is 0.242 e. The van der Waals surface area contributed by atoms with Gasteiger partial charge in [0.15, 0.2) is 0 Å². The Morgan fingerprint density at radius 3 is 2.70 bits per heavy atom. The molecule has 1 fully saturated rings. The normalized spacial score (nSPS) is 15.1. The monoisotopic (exact) mass is 331 g/mol. The summed E-state index contributed by atoms with van der Waals surface area (Å²) in [5.74, 6) is 0. The van der Waals surface area contributed by atoms with Gasteiger partial charge in [0.25, 0.3) is 0 Å². The summed E-state index contributed by atoms with van der Waals surface area (Å²) in [7, 11) is -0.395. The quantitative estimate of drug-likeness (QED) is 0.882. The second-order valence-corrected chi connectivity index (χ2v) is 8.17. The lowest BCUT2D eigenvalue weighted by atomic mass is 10.1. The molecular formula is C17H21N3O2S. The number of rotatable bonds is 6. The molecule has 2 aromatic rings. The Hall–Kier alpha value is -1.76. The SMILES string of the molecule is CN(C)S(=O)(=O)c1ccnc(-c2cccc(CNC3CC3)c2)c1. The van der Waals surface area contributed by atoms with Crippen molar-refractivity contribution in [2.75, 3.05) is 14.1 Å². The molecule has 23 heavy (non-hydrogen) atoms. The predicted octanol–water partition coefficient (Wildman–Crippen LogP) is 2.25. The highest BCUT2D eigenvalue weighted by atomic mass is 32.2. The molecule has 3 rings (SSSR count). The van der Waals surface area contributed by atoms with Crippen LogP contribution >= 0.6 is 0 Å².